The second-order valence-corrected chi connectivity index (χ2v) is 8.90. The third kappa shape index (κ3) is 7.46. The number of nitrogen functional groups attached to an aromatic ring is 1. The molecule has 3 rings (SSSR count). The van der Waals surface area contributed by atoms with Crippen LogP contribution in [-0.4, -0.2) is 30.3 Å². The zero-order valence-electron chi connectivity index (χ0n) is 19.2. The molecular weight excluding hydrogens is 561 g/mol. The van der Waals surface area contributed by atoms with Gasteiger partial charge < -0.3 is 25.6 Å². The van der Waals surface area contributed by atoms with Crippen LogP contribution in [0.15, 0.2) is 78.9 Å². The highest BCUT2D eigenvalue weighted by Gasteiger charge is 2.28. The number of benzene rings is 3. The molecule has 0 saturated carbocycles. The molecule has 182 valence electrons. The minimum atomic E-state index is -1.05. The third-order valence-corrected chi connectivity index (χ3v) is 5.73. The van der Waals surface area contributed by atoms with Crippen LogP contribution < -0.4 is 16.4 Å². The van der Waals surface area contributed by atoms with Crippen molar-refractivity contribution in [3.8, 4) is 5.75 Å². The SMILES string of the molecule is CO[C@H](/C=C/C(=O)Nc1ccccc1N)[C@H](OC(=O)Nc1ccc(C)cc1)c1cc(I)ccc1O. The molecule has 3 aromatic carbocycles. The zero-order chi connectivity index (χ0) is 25.4. The third-order valence-electron chi connectivity index (χ3n) is 5.05. The zero-order valence-corrected chi connectivity index (χ0v) is 21.4. The normalized spacial score (nSPS) is 12.7. The second kappa shape index (κ2) is 12.2. The molecule has 8 nitrogen and oxygen atoms in total. The Kier molecular flexibility index (Phi) is 9.10. The van der Waals surface area contributed by atoms with Crippen LogP contribution in [0.25, 0.3) is 0 Å². The number of carbonyl (C=O) groups excluding carboxylic acids is 2. The van der Waals surface area contributed by atoms with E-state index in [0.29, 0.717) is 22.6 Å². The summed E-state index contributed by atoms with van der Waals surface area (Å²) in [5.41, 5.74) is 8.70. The second-order valence-electron chi connectivity index (χ2n) is 7.66. The fourth-order valence-corrected chi connectivity index (χ4v) is 3.75. The van der Waals surface area contributed by atoms with Gasteiger partial charge in [0.25, 0.3) is 0 Å². The van der Waals surface area contributed by atoms with E-state index in [9.17, 15) is 14.7 Å². The number of amides is 2. The number of halogens is 1. The highest BCUT2D eigenvalue weighted by molar-refractivity contribution is 14.1. The van der Waals surface area contributed by atoms with Crippen LogP contribution in [0.1, 0.15) is 17.2 Å². The fraction of sp³-hybridized carbons (Fsp3) is 0.154. The molecule has 9 heteroatoms. The molecule has 0 saturated heterocycles. The van der Waals surface area contributed by atoms with Gasteiger partial charge in [-0.15, -0.1) is 0 Å². The van der Waals surface area contributed by atoms with Crippen LogP contribution in [-0.2, 0) is 14.3 Å². The van der Waals surface area contributed by atoms with E-state index in [-0.39, 0.29) is 5.75 Å². The molecule has 5 N–H and O–H groups in total. The van der Waals surface area contributed by atoms with Crippen LogP contribution in [0.2, 0.25) is 0 Å². The highest BCUT2D eigenvalue weighted by Crippen LogP contribution is 2.33. The first-order valence-corrected chi connectivity index (χ1v) is 11.7. The minimum Gasteiger partial charge on any atom is -0.508 e. The number of methoxy groups -OCH3 is 1. The van der Waals surface area contributed by atoms with Gasteiger partial charge in [0.15, 0.2) is 6.10 Å². The molecule has 0 radical (unpaired) electrons. The number of nitrogens with one attached hydrogen (secondary N) is 2. The van der Waals surface area contributed by atoms with Gasteiger partial charge in [-0.3, -0.25) is 10.1 Å². The molecule has 2 atom stereocenters. The molecule has 0 aliphatic rings. The highest BCUT2D eigenvalue weighted by atomic mass is 127. The predicted octanol–water partition coefficient (Wildman–Crippen LogP) is 5.39. The smallest absolute Gasteiger partial charge is 0.412 e. The summed E-state index contributed by atoms with van der Waals surface area (Å²) in [7, 11) is 1.42. The Hall–Kier alpha value is -3.57. The summed E-state index contributed by atoms with van der Waals surface area (Å²) in [6.07, 6.45) is 0.0408. The average Bonchev–Trinajstić information content (AvgIpc) is 2.83. The number of anilines is 3. The van der Waals surface area contributed by atoms with Crippen molar-refractivity contribution in [3.63, 3.8) is 0 Å². The van der Waals surface area contributed by atoms with Crippen molar-refractivity contribution >= 4 is 51.7 Å². The molecule has 0 aliphatic heterocycles. The van der Waals surface area contributed by atoms with Crippen molar-refractivity contribution in [3.05, 3.63) is 93.6 Å². The van der Waals surface area contributed by atoms with Crippen molar-refractivity contribution in [2.24, 2.45) is 0 Å². The van der Waals surface area contributed by atoms with Gasteiger partial charge in [0.05, 0.1) is 11.4 Å². The number of ether oxygens (including phenoxy) is 2. The van der Waals surface area contributed by atoms with Crippen molar-refractivity contribution in [2.75, 3.05) is 23.5 Å². The van der Waals surface area contributed by atoms with E-state index in [1.807, 2.05) is 19.1 Å². The van der Waals surface area contributed by atoms with Crippen molar-refractivity contribution in [1.29, 1.82) is 0 Å². The standard InChI is InChI=1S/C26H26IN3O5/c1-16-7-10-18(11-8-16)29-26(33)35-25(19-15-17(27)9-12-22(19)31)23(34-2)13-14-24(32)30-21-6-4-3-5-20(21)28/h3-15,23,25,31H,28H2,1-2H3,(H,29,33)(H,30,32)/b14-13+/t23-,25-/m1/s1. The molecule has 0 heterocycles. The molecule has 0 fully saturated rings. The summed E-state index contributed by atoms with van der Waals surface area (Å²) in [6, 6.07) is 19.0. The Morgan fingerprint density at radius 2 is 1.77 bits per heavy atom. The van der Waals surface area contributed by atoms with E-state index in [1.54, 1.807) is 48.5 Å². The fourth-order valence-electron chi connectivity index (χ4n) is 3.23. The molecule has 0 spiro atoms. The number of phenolic OH excluding ortho intramolecular Hbond substituents is 1. The van der Waals surface area contributed by atoms with E-state index in [1.165, 1.54) is 25.3 Å². The van der Waals surface area contributed by atoms with E-state index in [4.69, 9.17) is 15.2 Å². The first kappa shape index (κ1) is 26.0. The molecular formula is C26H26IN3O5. The maximum atomic E-state index is 12.7. The Bertz CT molecular complexity index is 1210. The molecule has 0 bridgehead atoms. The van der Waals surface area contributed by atoms with Gasteiger partial charge in [-0.25, -0.2) is 4.79 Å². The molecule has 0 aromatic heterocycles. The van der Waals surface area contributed by atoms with Crippen LogP contribution in [0.3, 0.4) is 0 Å². The first-order chi connectivity index (χ1) is 16.8. The lowest BCUT2D eigenvalue weighted by Crippen LogP contribution is -2.27. The maximum absolute atomic E-state index is 12.7. The van der Waals surface area contributed by atoms with Crippen LogP contribution in [0, 0.1) is 10.5 Å². The molecule has 35 heavy (non-hydrogen) atoms. The molecule has 0 unspecified atom stereocenters. The topological polar surface area (TPSA) is 123 Å². The number of hydrogen-bond acceptors (Lipinski definition) is 6. The van der Waals surface area contributed by atoms with E-state index < -0.39 is 24.2 Å². The van der Waals surface area contributed by atoms with Gasteiger partial charge in [0.1, 0.15) is 11.9 Å². The van der Waals surface area contributed by atoms with E-state index in [0.717, 1.165) is 9.13 Å². The van der Waals surface area contributed by atoms with Crippen LogP contribution in [0.4, 0.5) is 21.9 Å². The Morgan fingerprint density at radius 1 is 1.06 bits per heavy atom. The number of aromatic hydroxyl groups is 1. The van der Waals surface area contributed by atoms with Crippen LogP contribution in [0.5, 0.6) is 5.75 Å². The number of phenols is 1. The lowest BCUT2D eigenvalue weighted by Gasteiger charge is -2.25. The number of para-hydroxylation sites is 2. The number of rotatable bonds is 8. The summed E-state index contributed by atoms with van der Waals surface area (Å²) < 4.78 is 12.0. The average molecular weight is 587 g/mol. The summed E-state index contributed by atoms with van der Waals surface area (Å²) in [5, 5.41) is 15.9. The predicted molar refractivity (Wildman–Crippen MR) is 144 cm³/mol. The van der Waals surface area contributed by atoms with Gasteiger partial charge in [0, 0.05) is 28.0 Å². The Balaban J connectivity index is 1.83. The minimum absolute atomic E-state index is 0.0736. The number of aryl methyl sites for hydroxylation is 1. The summed E-state index contributed by atoms with van der Waals surface area (Å²) >= 11 is 2.09. The number of nitrogens with two attached hydrogens (primary N) is 1. The van der Waals surface area contributed by atoms with E-state index >= 15 is 0 Å². The summed E-state index contributed by atoms with van der Waals surface area (Å²) in [5.74, 6) is -0.518. The van der Waals surface area contributed by atoms with Crippen molar-refractivity contribution < 1.29 is 24.2 Å². The lowest BCUT2D eigenvalue weighted by molar-refractivity contribution is -0.112. The van der Waals surface area contributed by atoms with Gasteiger partial charge in [0.2, 0.25) is 5.91 Å². The maximum Gasteiger partial charge on any atom is 0.412 e. The Labute approximate surface area is 217 Å². The summed E-state index contributed by atoms with van der Waals surface area (Å²) in [6.45, 7) is 1.94. The van der Waals surface area contributed by atoms with Crippen molar-refractivity contribution in [2.45, 2.75) is 19.1 Å². The number of carbonyl (C=O) groups is 2. The number of hydrogen-bond donors (Lipinski definition) is 4. The lowest BCUT2D eigenvalue weighted by atomic mass is 10.0. The monoisotopic (exact) mass is 587 g/mol. The van der Waals surface area contributed by atoms with Gasteiger partial charge in [-0.05, 0) is 78.1 Å². The quantitative estimate of drug-likeness (QED) is 0.159. The molecule has 3 aromatic rings. The summed E-state index contributed by atoms with van der Waals surface area (Å²) in [4.78, 5) is 25.2. The van der Waals surface area contributed by atoms with Crippen LogP contribution >= 0.6 is 22.6 Å². The largest absolute Gasteiger partial charge is 0.508 e. The van der Waals surface area contributed by atoms with Gasteiger partial charge in [-0.2, -0.15) is 0 Å². The first-order valence-electron chi connectivity index (χ1n) is 10.7. The van der Waals surface area contributed by atoms with E-state index in [2.05, 4.69) is 33.2 Å². The van der Waals surface area contributed by atoms with Crippen molar-refractivity contribution in [1.82, 2.24) is 0 Å². The van der Waals surface area contributed by atoms with Gasteiger partial charge in [-0.1, -0.05) is 29.8 Å². The van der Waals surface area contributed by atoms with Gasteiger partial charge >= 0.3 is 6.09 Å². The molecule has 2 amide bonds. The molecule has 0 aliphatic carbocycles. The Morgan fingerprint density at radius 3 is 2.46 bits per heavy atom.